The van der Waals surface area contributed by atoms with Gasteiger partial charge in [-0.05, 0) is 36.4 Å². The first-order chi connectivity index (χ1) is 14.6. The van der Waals surface area contributed by atoms with Crippen molar-refractivity contribution in [2.45, 2.75) is 23.4 Å². The number of furan rings is 1. The zero-order valence-electron chi connectivity index (χ0n) is 16.6. The molecule has 2 unspecified atom stereocenters. The van der Waals surface area contributed by atoms with E-state index < -0.39 is 0 Å². The standard InChI is InChI=1S/C21H22ClN5O2S/c1-2-25-9-11-26(12-10-25)17(14-5-7-15(22)8-6-14)18-20(28)27-21(30-18)23-19(24-27)16-4-3-13-29-16/h3-8,13,17-18H,2,9-12H2,1H3. The minimum absolute atomic E-state index is 0.0434. The first-order valence-electron chi connectivity index (χ1n) is 10.1. The van der Waals surface area contributed by atoms with E-state index in [1.165, 1.54) is 16.4 Å². The molecule has 1 saturated heterocycles. The van der Waals surface area contributed by atoms with Crippen LogP contribution in [-0.2, 0) is 0 Å². The van der Waals surface area contributed by atoms with Gasteiger partial charge in [0, 0.05) is 31.2 Å². The quantitative estimate of drug-likeness (QED) is 0.595. The normalized spacial score (nSPS) is 21.1. The molecule has 5 rings (SSSR count). The molecule has 0 bridgehead atoms. The molecule has 0 radical (unpaired) electrons. The number of aromatic nitrogens is 3. The van der Waals surface area contributed by atoms with Gasteiger partial charge in [0.1, 0.15) is 5.25 Å². The summed E-state index contributed by atoms with van der Waals surface area (Å²) in [5, 5.41) is 5.42. The van der Waals surface area contributed by atoms with Gasteiger partial charge in [-0.1, -0.05) is 42.4 Å². The van der Waals surface area contributed by atoms with E-state index in [0.717, 1.165) is 38.3 Å². The third-order valence-corrected chi connectivity index (χ3v) is 7.19. The van der Waals surface area contributed by atoms with Crippen molar-refractivity contribution in [1.82, 2.24) is 24.6 Å². The summed E-state index contributed by atoms with van der Waals surface area (Å²) in [6, 6.07) is 11.3. The van der Waals surface area contributed by atoms with E-state index >= 15 is 0 Å². The summed E-state index contributed by atoms with van der Waals surface area (Å²) >= 11 is 7.60. The van der Waals surface area contributed by atoms with Crippen LogP contribution in [-0.4, -0.2) is 68.4 Å². The lowest BCUT2D eigenvalue weighted by Crippen LogP contribution is -2.50. The van der Waals surface area contributed by atoms with Crippen molar-refractivity contribution < 1.29 is 9.21 Å². The van der Waals surface area contributed by atoms with Crippen LogP contribution in [0.15, 0.2) is 52.2 Å². The van der Waals surface area contributed by atoms with Crippen LogP contribution in [0.2, 0.25) is 5.02 Å². The third kappa shape index (κ3) is 3.58. The largest absolute Gasteiger partial charge is 0.461 e. The van der Waals surface area contributed by atoms with Crippen LogP contribution in [0.1, 0.15) is 23.3 Å². The molecule has 1 fully saturated rings. The Morgan fingerprint density at radius 2 is 1.97 bits per heavy atom. The molecule has 0 spiro atoms. The molecule has 0 amide bonds. The molecule has 30 heavy (non-hydrogen) atoms. The molecular weight excluding hydrogens is 422 g/mol. The van der Waals surface area contributed by atoms with Gasteiger partial charge in [-0.3, -0.25) is 9.69 Å². The summed E-state index contributed by atoms with van der Waals surface area (Å²) in [5.74, 6) is 0.957. The molecule has 7 nitrogen and oxygen atoms in total. The van der Waals surface area contributed by atoms with Crippen LogP contribution in [0, 0.1) is 0 Å². The van der Waals surface area contributed by atoms with Crippen LogP contribution < -0.4 is 0 Å². The maximum atomic E-state index is 13.4. The predicted molar refractivity (Wildman–Crippen MR) is 116 cm³/mol. The molecule has 0 saturated carbocycles. The molecule has 2 aromatic heterocycles. The number of piperazine rings is 1. The van der Waals surface area contributed by atoms with Gasteiger partial charge in [-0.15, -0.1) is 5.10 Å². The second-order valence-corrected chi connectivity index (χ2v) is 9.00. The molecule has 156 valence electrons. The van der Waals surface area contributed by atoms with Crippen molar-refractivity contribution in [3.63, 3.8) is 0 Å². The van der Waals surface area contributed by atoms with E-state index in [1.54, 1.807) is 18.4 Å². The Hall–Kier alpha value is -2.13. The summed E-state index contributed by atoms with van der Waals surface area (Å²) in [4.78, 5) is 22.8. The van der Waals surface area contributed by atoms with Crippen LogP contribution >= 0.6 is 23.4 Å². The number of hydrogen-bond donors (Lipinski definition) is 0. The van der Waals surface area contributed by atoms with Crippen molar-refractivity contribution >= 4 is 29.3 Å². The maximum absolute atomic E-state index is 13.4. The lowest BCUT2D eigenvalue weighted by molar-refractivity contribution is 0.0739. The number of benzene rings is 1. The zero-order chi connectivity index (χ0) is 20.7. The highest BCUT2D eigenvalue weighted by Gasteiger charge is 2.43. The summed E-state index contributed by atoms with van der Waals surface area (Å²) in [5.41, 5.74) is 1.09. The maximum Gasteiger partial charge on any atom is 0.264 e. The molecule has 3 aromatic rings. The van der Waals surface area contributed by atoms with Gasteiger partial charge in [0.25, 0.3) is 5.91 Å². The van der Waals surface area contributed by atoms with Gasteiger partial charge in [0.05, 0.1) is 12.3 Å². The Kier molecular flexibility index (Phi) is 5.41. The van der Waals surface area contributed by atoms with Gasteiger partial charge in [-0.2, -0.15) is 9.67 Å². The molecule has 1 aromatic carbocycles. The monoisotopic (exact) mass is 443 g/mol. The Balaban J connectivity index is 1.44. The number of thioether (sulfide) groups is 1. The van der Waals surface area contributed by atoms with E-state index in [1.807, 2.05) is 24.3 Å². The van der Waals surface area contributed by atoms with Gasteiger partial charge >= 0.3 is 0 Å². The molecule has 0 N–H and O–H groups in total. The van der Waals surface area contributed by atoms with Gasteiger partial charge in [-0.25, -0.2) is 0 Å². The van der Waals surface area contributed by atoms with Crippen LogP contribution in [0.25, 0.3) is 11.6 Å². The van der Waals surface area contributed by atoms with Crippen molar-refractivity contribution in [3.05, 3.63) is 53.2 Å². The minimum Gasteiger partial charge on any atom is -0.461 e. The molecule has 9 heteroatoms. The van der Waals surface area contributed by atoms with E-state index in [9.17, 15) is 4.79 Å². The van der Waals surface area contributed by atoms with Crippen molar-refractivity contribution in [2.24, 2.45) is 0 Å². The third-order valence-electron chi connectivity index (χ3n) is 5.75. The van der Waals surface area contributed by atoms with Crippen molar-refractivity contribution in [2.75, 3.05) is 32.7 Å². The molecule has 0 aliphatic carbocycles. The number of hydrogen-bond acceptors (Lipinski definition) is 7. The number of nitrogens with zero attached hydrogens (tertiary/aromatic N) is 5. The number of fused-ring (bicyclic) bond motifs is 1. The molecular formula is C21H22ClN5O2S. The first-order valence-corrected chi connectivity index (χ1v) is 11.3. The molecule has 2 aliphatic heterocycles. The summed E-state index contributed by atoms with van der Waals surface area (Å²) in [7, 11) is 0. The summed E-state index contributed by atoms with van der Waals surface area (Å²) in [6.45, 7) is 7.06. The van der Waals surface area contributed by atoms with Crippen molar-refractivity contribution in [1.29, 1.82) is 0 Å². The Bertz CT molecular complexity index is 1030. The Morgan fingerprint density at radius 3 is 2.60 bits per heavy atom. The van der Waals surface area contributed by atoms with E-state index in [2.05, 4.69) is 26.8 Å². The topological polar surface area (TPSA) is 67.4 Å². The van der Waals surface area contributed by atoms with Gasteiger partial charge in [0.2, 0.25) is 5.82 Å². The molecule has 2 aliphatic rings. The number of rotatable bonds is 5. The fourth-order valence-electron chi connectivity index (χ4n) is 4.11. The predicted octanol–water partition coefficient (Wildman–Crippen LogP) is 3.68. The average molecular weight is 444 g/mol. The fraction of sp³-hybridized carbons (Fsp3) is 0.381. The lowest BCUT2D eigenvalue weighted by Gasteiger charge is -2.40. The highest BCUT2D eigenvalue weighted by molar-refractivity contribution is 8.00. The summed E-state index contributed by atoms with van der Waals surface area (Å²) < 4.78 is 6.81. The second kappa shape index (κ2) is 8.19. The SMILES string of the molecule is CCN1CCN(C(c2ccc(Cl)cc2)C2Sc3nc(-c4ccco4)nn3C2=O)CC1. The second-order valence-electron chi connectivity index (χ2n) is 7.45. The van der Waals surface area contributed by atoms with Crippen LogP contribution in [0.3, 0.4) is 0 Å². The highest BCUT2D eigenvalue weighted by atomic mass is 35.5. The minimum atomic E-state index is -0.306. The van der Waals surface area contributed by atoms with Crippen LogP contribution in [0.5, 0.6) is 0 Å². The Labute approximate surface area is 184 Å². The van der Waals surface area contributed by atoms with E-state index in [-0.39, 0.29) is 17.2 Å². The number of carbonyl (C=O) groups is 1. The molecule has 4 heterocycles. The highest BCUT2D eigenvalue weighted by Crippen LogP contribution is 2.42. The van der Waals surface area contributed by atoms with E-state index in [4.69, 9.17) is 16.0 Å². The number of carbonyl (C=O) groups excluding carboxylic acids is 1. The smallest absolute Gasteiger partial charge is 0.264 e. The van der Waals surface area contributed by atoms with Gasteiger partial charge < -0.3 is 9.32 Å². The zero-order valence-corrected chi connectivity index (χ0v) is 18.1. The Morgan fingerprint density at radius 1 is 1.20 bits per heavy atom. The molecule has 2 atom stereocenters. The van der Waals surface area contributed by atoms with Crippen molar-refractivity contribution in [3.8, 4) is 11.6 Å². The van der Waals surface area contributed by atoms with Gasteiger partial charge in [0.15, 0.2) is 10.9 Å². The lowest BCUT2D eigenvalue weighted by atomic mass is 10.00. The van der Waals surface area contributed by atoms with E-state index in [0.29, 0.717) is 21.8 Å². The average Bonchev–Trinajstić information content (AvgIpc) is 3.49. The summed E-state index contributed by atoms with van der Waals surface area (Å²) in [6.07, 6.45) is 1.58. The first kappa shape index (κ1) is 19.8. The number of halogens is 1. The number of likely N-dealkylation sites (N-methyl/N-ethyl adjacent to an activating group) is 1. The van der Waals surface area contributed by atoms with Crippen LogP contribution in [0.4, 0.5) is 0 Å². The fourth-order valence-corrected chi connectivity index (χ4v) is 5.49.